The zero-order valence-electron chi connectivity index (χ0n) is 17.3. The normalized spacial score (nSPS) is 12.0. The van der Waals surface area contributed by atoms with Crippen LogP contribution in [0.25, 0.3) is 11.2 Å². The maximum Gasteiger partial charge on any atom is 0.329 e. The first-order valence-electron chi connectivity index (χ1n) is 9.46. The SMILES string of the molecule is COc1ccc(/C(C)=N\Nc2nc3c(c(=O)[nH]c(=O)n3C)n2CCC(C)C)cc1. The van der Waals surface area contributed by atoms with Crippen LogP contribution in [0.5, 0.6) is 5.75 Å². The Morgan fingerprint density at radius 2 is 1.97 bits per heavy atom. The molecule has 0 fully saturated rings. The third-order valence-electron chi connectivity index (χ3n) is 4.77. The van der Waals surface area contributed by atoms with Crippen LogP contribution in [0.3, 0.4) is 0 Å². The summed E-state index contributed by atoms with van der Waals surface area (Å²) in [6.07, 6.45) is 0.851. The van der Waals surface area contributed by atoms with Crippen LogP contribution in [0.1, 0.15) is 32.8 Å². The second-order valence-electron chi connectivity index (χ2n) is 7.30. The fourth-order valence-corrected chi connectivity index (χ4v) is 2.96. The van der Waals surface area contributed by atoms with E-state index in [0.717, 1.165) is 23.4 Å². The first kappa shape index (κ1) is 20.4. The number of hydrazone groups is 1. The molecule has 0 atom stereocenters. The van der Waals surface area contributed by atoms with E-state index in [1.165, 1.54) is 4.57 Å². The fourth-order valence-electron chi connectivity index (χ4n) is 2.96. The Labute approximate surface area is 168 Å². The minimum absolute atomic E-state index is 0.322. The van der Waals surface area contributed by atoms with E-state index in [2.05, 4.69) is 34.3 Å². The molecule has 0 saturated heterocycles. The molecule has 0 bridgehead atoms. The van der Waals surface area contributed by atoms with Crippen molar-refractivity contribution >= 4 is 22.8 Å². The maximum absolute atomic E-state index is 12.4. The van der Waals surface area contributed by atoms with Gasteiger partial charge in [0.15, 0.2) is 11.2 Å². The summed E-state index contributed by atoms with van der Waals surface area (Å²) in [5, 5.41) is 4.43. The number of nitrogens with zero attached hydrogens (tertiary/aromatic N) is 4. The number of aryl methyl sites for hydroxylation is 2. The van der Waals surface area contributed by atoms with E-state index >= 15 is 0 Å². The molecule has 29 heavy (non-hydrogen) atoms. The average molecular weight is 398 g/mol. The standard InChI is InChI=1S/C20H26N6O3/c1-12(2)10-11-26-16-17(25(4)20(28)22-18(16)27)21-19(26)24-23-13(3)14-6-8-15(29-5)9-7-14/h6-9,12H,10-11H2,1-5H3,(H,21,24)(H,22,27,28)/b23-13-. The molecule has 0 unspecified atom stereocenters. The largest absolute Gasteiger partial charge is 0.497 e. The highest BCUT2D eigenvalue weighted by molar-refractivity contribution is 5.99. The van der Waals surface area contributed by atoms with Gasteiger partial charge in [0.1, 0.15) is 5.75 Å². The lowest BCUT2D eigenvalue weighted by molar-refractivity contribution is 0.415. The van der Waals surface area contributed by atoms with Crippen molar-refractivity contribution in [3.63, 3.8) is 0 Å². The zero-order valence-corrected chi connectivity index (χ0v) is 17.3. The summed E-state index contributed by atoms with van der Waals surface area (Å²) in [6, 6.07) is 7.55. The lowest BCUT2D eigenvalue weighted by atomic mass is 10.1. The Morgan fingerprint density at radius 1 is 1.28 bits per heavy atom. The molecule has 0 amide bonds. The summed E-state index contributed by atoms with van der Waals surface area (Å²) in [4.78, 5) is 31.2. The smallest absolute Gasteiger partial charge is 0.329 e. The number of hydrogen-bond acceptors (Lipinski definition) is 6. The second-order valence-corrected chi connectivity index (χ2v) is 7.30. The molecule has 0 radical (unpaired) electrons. The van der Waals surface area contributed by atoms with Crippen molar-refractivity contribution in [1.82, 2.24) is 19.1 Å². The molecule has 9 nitrogen and oxygen atoms in total. The van der Waals surface area contributed by atoms with Crippen molar-refractivity contribution in [2.75, 3.05) is 12.5 Å². The third kappa shape index (κ3) is 4.23. The molecule has 0 aliphatic carbocycles. The monoisotopic (exact) mass is 398 g/mol. The molecule has 2 heterocycles. The Bertz CT molecular complexity index is 1150. The van der Waals surface area contributed by atoms with Crippen LogP contribution in [0.2, 0.25) is 0 Å². The number of imidazole rings is 1. The minimum Gasteiger partial charge on any atom is -0.497 e. The highest BCUT2D eigenvalue weighted by Gasteiger charge is 2.17. The molecule has 154 valence electrons. The number of hydrogen-bond donors (Lipinski definition) is 2. The van der Waals surface area contributed by atoms with E-state index in [4.69, 9.17) is 4.74 Å². The number of methoxy groups -OCH3 is 1. The first-order valence-corrected chi connectivity index (χ1v) is 9.46. The highest BCUT2D eigenvalue weighted by atomic mass is 16.5. The van der Waals surface area contributed by atoms with Gasteiger partial charge in [0.2, 0.25) is 5.95 Å². The average Bonchev–Trinajstić information content (AvgIpc) is 3.08. The number of aromatic amines is 1. The molecule has 1 aromatic carbocycles. The predicted molar refractivity (Wildman–Crippen MR) is 114 cm³/mol. The molecule has 2 N–H and O–H groups in total. The summed E-state index contributed by atoms with van der Waals surface area (Å²) in [5.74, 6) is 1.63. The van der Waals surface area contributed by atoms with Crippen LogP contribution in [0, 0.1) is 5.92 Å². The second kappa shape index (κ2) is 8.34. The molecule has 0 aliphatic rings. The summed E-state index contributed by atoms with van der Waals surface area (Å²) < 4.78 is 8.28. The van der Waals surface area contributed by atoms with E-state index in [9.17, 15) is 9.59 Å². The first-order chi connectivity index (χ1) is 13.8. The number of ether oxygens (including phenoxy) is 1. The van der Waals surface area contributed by atoms with Gasteiger partial charge >= 0.3 is 5.69 Å². The lowest BCUT2D eigenvalue weighted by Crippen LogP contribution is -2.29. The Morgan fingerprint density at radius 3 is 2.59 bits per heavy atom. The predicted octanol–water partition coefficient (Wildman–Crippen LogP) is 2.31. The number of benzene rings is 1. The molecule has 3 rings (SSSR count). The van der Waals surface area contributed by atoms with Crippen molar-refractivity contribution in [2.45, 2.75) is 33.7 Å². The Hall–Kier alpha value is -3.36. The zero-order chi connectivity index (χ0) is 21.1. The molecule has 9 heteroatoms. The molecular formula is C20H26N6O3. The van der Waals surface area contributed by atoms with Crippen molar-refractivity contribution in [2.24, 2.45) is 18.1 Å². The van der Waals surface area contributed by atoms with Crippen LogP contribution in [0.15, 0.2) is 39.0 Å². The van der Waals surface area contributed by atoms with Gasteiger partial charge in [-0.25, -0.2) is 10.2 Å². The van der Waals surface area contributed by atoms with E-state index in [1.54, 1.807) is 18.7 Å². The van der Waals surface area contributed by atoms with Crippen molar-refractivity contribution < 1.29 is 4.74 Å². The fraction of sp³-hybridized carbons (Fsp3) is 0.400. The van der Waals surface area contributed by atoms with Gasteiger partial charge < -0.3 is 9.30 Å². The van der Waals surface area contributed by atoms with Gasteiger partial charge in [-0.05, 0) is 49.1 Å². The number of nitrogens with one attached hydrogen (secondary N) is 2. The van der Waals surface area contributed by atoms with Crippen LogP contribution in [0.4, 0.5) is 5.95 Å². The number of fused-ring (bicyclic) bond motifs is 1. The molecule has 3 aromatic rings. The van der Waals surface area contributed by atoms with Crippen molar-refractivity contribution in [1.29, 1.82) is 0 Å². The van der Waals surface area contributed by atoms with E-state index in [1.807, 2.05) is 31.2 Å². The van der Waals surface area contributed by atoms with Crippen molar-refractivity contribution in [3.05, 3.63) is 50.7 Å². The van der Waals surface area contributed by atoms with Gasteiger partial charge in [-0.2, -0.15) is 10.1 Å². The molecule has 0 saturated carbocycles. The number of rotatable bonds is 7. The van der Waals surface area contributed by atoms with Gasteiger partial charge in [0, 0.05) is 13.6 Å². The topological polar surface area (TPSA) is 106 Å². The summed E-state index contributed by atoms with van der Waals surface area (Å²) in [6.45, 7) is 6.67. The van der Waals surface area contributed by atoms with Crippen molar-refractivity contribution in [3.8, 4) is 5.75 Å². The van der Waals surface area contributed by atoms with Gasteiger partial charge in [-0.15, -0.1) is 0 Å². The molecule has 2 aromatic heterocycles. The van der Waals surface area contributed by atoms with Gasteiger partial charge in [-0.1, -0.05) is 13.8 Å². The van der Waals surface area contributed by atoms with Crippen LogP contribution >= 0.6 is 0 Å². The van der Waals surface area contributed by atoms with Gasteiger partial charge in [0.05, 0.1) is 12.8 Å². The molecule has 0 aliphatic heterocycles. The van der Waals surface area contributed by atoms with Gasteiger partial charge in [-0.3, -0.25) is 14.3 Å². The van der Waals surface area contributed by atoms with Crippen LogP contribution < -0.4 is 21.4 Å². The lowest BCUT2D eigenvalue weighted by Gasteiger charge is -2.10. The summed E-state index contributed by atoms with van der Waals surface area (Å²) >= 11 is 0. The number of anilines is 1. The van der Waals surface area contributed by atoms with Crippen LogP contribution in [-0.2, 0) is 13.6 Å². The van der Waals surface area contributed by atoms with E-state index in [0.29, 0.717) is 29.6 Å². The summed E-state index contributed by atoms with van der Waals surface area (Å²) in [7, 11) is 3.20. The quantitative estimate of drug-likeness (QED) is 0.469. The van der Waals surface area contributed by atoms with Gasteiger partial charge in [0.25, 0.3) is 5.56 Å². The van der Waals surface area contributed by atoms with Crippen LogP contribution in [-0.4, -0.2) is 31.9 Å². The Kier molecular flexibility index (Phi) is 5.86. The number of aromatic nitrogens is 4. The highest BCUT2D eigenvalue weighted by Crippen LogP contribution is 2.18. The molecule has 0 spiro atoms. The van der Waals surface area contributed by atoms with E-state index < -0.39 is 11.2 Å². The molecular weight excluding hydrogens is 372 g/mol. The maximum atomic E-state index is 12.4. The third-order valence-corrected chi connectivity index (χ3v) is 4.77. The minimum atomic E-state index is -0.500. The Balaban J connectivity index is 2.01. The summed E-state index contributed by atoms with van der Waals surface area (Å²) in [5.41, 5.74) is 4.36. The number of H-pyrrole nitrogens is 1. The van der Waals surface area contributed by atoms with E-state index in [-0.39, 0.29) is 0 Å².